The van der Waals surface area contributed by atoms with Crippen molar-refractivity contribution in [3.63, 3.8) is 0 Å². The molecule has 78 valence electrons. The Bertz CT molecular complexity index is 284. The van der Waals surface area contributed by atoms with Gasteiger partial charge in [0.2, 0.25) is 0 Å². The van der Waals surface area contributed by atoms with Gasteiger partial charge in [-0.2, -0.15) is 0 Å². The van der Waals surface area contributed by atoms with E-state index >= 15 is 0 Å². The zero-order chi connectivity index (χ0) is 9.26. The molecule has 2 rings (SSSR count). The molecule has 1 aliphatic heterocycles. The second-order valence-electron chi connectivity index (χ2n) is 3.83. The minimum Gasteiger partial charge on any atom is -0.370 e. The highest BCUT2D eigenvalue weighted by molar-refractivity contribution is 5.85. The Hall–Kier alpha value is -0.730. The Balaban J connectivity index is 0.000000980. The lowest BCUT2D eigenvalue weighted by Gasteiger charge is -2.17. The van der Waals surface area contributed by atoms with Gasteiger partial charge < -0.3 is 10.6 Å². The van der Waals surface area contributed by atoms with Crippen molar-refractivity contribution >= 4 is 18.1 Å². The minimum absolute atomic E-state index is 0. The SMILES string of the molecule is Cc1ccc(N2CCC(N)C2)cc1.Cl. The summed E-state index contributed by atoms with van der Waals surface area (Å²) in [6, 6.07) is 9.01. The lowest BCUT2D eigenvalue weighted by molar-refractivity contribution is 0.752. The van der Waals surface area contributed by atoms with Gasteiger partial charge in [0.25, 0.3) is 0 Å². The highest BCUT2D eigenvalue weighted by Crippen LogP contribution is 2.19. The number of aryl methyl sites for hydroxylation is 1. The van der Waals surface area contributed by atoms with E-state index in [9.17, 15) is 0 Å². The lowest BCUT2D eigenvalue weighted by Crippen LogP contribution is -2.26. The molecule has 1 fully saturated rings. The quantitative estimate of drug-likeness (QED) is 0.771. The van der Waals surface area contributed by atoms with Crippen molar-refractivity contribution in [1.29, 1.82) is 0 Å². The molecule has 1 aromatic rings. The molecule has 1 unspecified atom stereocenters. The number of hydrogen-bond acceptors (Lipinski definition) is 2. The fraction of sp³-hybridized carbons (Fsp3) is 0.455. The van der Waals surface area contributed by atoms with Gasteiger partial charge >= 0.3 is 0 Å². The fourth-order valence-electron chi connectivity index (χ4n) is 1.78. The maximum atomic E-state index is 5.85. The molecule has 0 bridgehead atoms. The zero-order valence-corrected chi connectivity index (χ0v) is 9.26. The molecule has 0 amide bonds. The predicted molar refractivity (Wildman–Crippen MR) is 63.2 cm³/mol. The van der Waals surface area contributed by atoms with Crippen molar-refractivity contribution in [1.82, 2.24) is 0 Å². The van der Waals surface area contributed by atoms with Gasteiger partial charge in [-0.3, -0.25) is 0 Å². The van der Waals surface area contributed by atoms with E-state index in [1.165, 1.54) is 11.3 Å². The molecule has 0 aliphatic carbocycles. The molecule has 0 radical (unpaired) electrons. The van der Waals surface area contributed by atoms with E-state index in [0.717, 1.165) is 19.5 Å². The van der Waals surface area contributed by atoms with E-state index in [2.05, 4.69) is 36.1 Å². The summed E-state index contributed by atoms with van der Waals surface area (Å²) in [5.74, 6) is 0. The van der Waals surface area contributed by atoms with Crippen LogP contribution in [-0.2, 0) is 0 Å². The first-order chi connectivity index (χ1) is 6.25. The van der Waals surface area contributed by atoms with Gasteiger partial charge in [-0.25, -0.2) is 0 Å². The fourth-order valence-corrected chi connectivity index (χ4v) is 1.78. The van der Waals surface area contributed by atoms with Crippen molar-refractivity contribution in [2.24, 2.45) is 5.73 Å². The standard InChI is InChI=1S/C11H16N2.ClH/c1-9-2-4-11(5-3-9)13-7-6-10(12)8-13;/h2-5,10H,6-8,12H2,1H3;1H. The summed E-state index contributed by atoms with van der Waals surface area (Å²) in [5, 5.41) is 0. The number of halogens is 1. The van der Waals surface area contributed by atoms with Crippen LogP contribution in [0.2, 0.25) is 0 Å². The molecule has 1 saturated heterocycles. The molecular weight excluding hydrogens is 196 g/mol. The second-order valence-corrected chi connectivity index (χ2v) is 3.83. The van der Waals surface area contributed by atoms with E-state index < -0.39 is 0 Å². The molecule has 3 heteroatoms. The maximum absolute atomic E-state index is 5.85. The zero-order valence-electron chi connectivity index (χ0n) is 8.44. The van der Waals surface area contributed by atoms with Gasteiger partial charge in [-0.1, -0.05) is 17.7 Å². The maximum Gasteiger partial charge on any atom is 0.0366 e. The number of nitrogens with zero attached hydrogens (tertiary/aromatic N) is 1. The van der Waals surface area contributed by atoms with Crippen molar-refractivity contribution in [3.8, 4) is 0 Å². The molecule has 2 N–H and O–H groups in total. The van der Waals surface area contributed by atoms with Crippen LogP contribution in [-0.4, -0.2) is 19.1 Å². The van der Waals surface area contributed by atoms with Crippen molar-refractivity contribution < 1.29 is 0 Å². The normalized spacial score (nSPS) is 20.7. The average Bonchev–Trinajstić information content (AvgIpc) is 2.53. The lowest BCUT2D eigenvalue weighted by atomic mass is 10.2. The number of hydrogen-bond donors (Lipinski definition) is 1. The monoisotopic (exact) mass is 212 g/mol. The first-order valence-corrected chi connectivity index (χ1v) is 4.83. The van der Waals surface area contributed by atoms with Crippen molar-refractivity contribution in [2.45, 2.75) is 19.4 Å². The molecule has 0 aromatic heterocycles. The van der Waals surface area contributed by atoms with Gasteiger partial charge in [-0.05, 0) is 25.5 Å². The molecule has 0 spiro atoms. The number of nitrogens with two attached hydrogens (primary N) is 1. The highest BCUT2D eigenvalue weighted by atomic mass is 35.5. The number of anilines is 1. The minimum atomic E-state index is 0. The molecule has 0 saturated carbocycles. The third-order valence-corrected chi connectivity index (χ3v) is 2.62. The van der Waals surface area contributed by atoms with Crippen LogP contribution < -0.4 is 10.6 Å². The Kier molecular flexibility index (Phi) is 3.78. The van der Waals surface area contributed by atoms with E-state index in [1.807, 2.05) is 0 Å². The highest BCUT2D eigenvalue weighted by Gasteiger charge is 2.18. The summed E-state index contributed by atoms with van der Waals surface area (Å²) >= 11 is 0. The first kappa shape index (κ1) is 11.3. The molecule has 2 nitrogen and oxygen atoms in total. The Morgan fingerprint density at radius 2 is 1.93 bits per heavy atom. The third kappa shape index (κ3) is 2.40. The summed E-state index contributed by atoms with van der Waals surface area (Å²) in [6.07, 6.45) is 1.12. The predicted octanol–water partition coefficient (Wildman–Crippen LogP) is 1.95. The molecule has 1 heterocycles. The van der Waals surface area contributed by atoms with Crippen molar-refractivity contribution in [2.75, 3.05) is 18.0 Å². The Labute approximate surface area is 91.5 Å². The number of benzene rings is 1. The van der Waals surface area contributed by atoms with Crippen LogP contribution in [0.15, 0.2) is 24.3 Å². The molecule has 1 aliphatic rings. The summed E-state index contributed by atoms with van der Waals surface area (Å²) in [7, 11) is 0. The summed E-state index contributed by atoms with van der Waals surface area (Å²) < 4.78 is 0. The smallest absolute Gasteiger partial charge is 0.0366 e. The molecule has 1 atom stereocenters. The number of rotatable bonds is 1. The van der Waals surface area contributed by atoms with Crippen LogP contribution in [0.25, 0.3) is 0 Å². The summed E-state index contributed by atoms with van der Waals surface area (Å²) in [6.45, 7) is 4.22. The van der Waals surface area contributed by atoms with Crippen LogP contribution in [0.5, 0.6) is 0 Å². The van der Waals surface area contributed by atoms with Crippen LogP contribution in [0.4, 0.5) is 5.69 Å². The van der Waals surface area contributed by atoms with Gasteiger partial charge in [0.1, 0.15) is 0 Å². The van der Waals surface area contributed by atoms with Crippen LogP contribution >= 0.6 is 12.4 Å². The average molecular weight is 213 g/mol. The van der Waals surface area contributed by atoms with Gasteiger partial charge in [0.15, 0.2) is 0 Å². The van der Waals surface area contributed by atoms with E-state index in [-0.39, 0.29) is 12.4 Å². The second kappa shape index (κ2) is 4.67. The van der Waals surface area contributed by atoms with E-state index in [1.54, 1.807) is 0 Å². The Morgan fingerprint density at radius 3 is 2.43 bits per heavy atom. The van der Waals surface area contributed by atoms with Gasteiger partial charge in [0.05, 0.1) is 0 Å². The van der Waals surface area contributed by atoms with Crippen molar-refractivity contribution in [3.05, 3.63) is 29.8 Å². The molecule has 1 aromatic carbocycles. The molecular formula is C11H17ClN2. The Morgan fingerprint density at radius 1 is 1.29 bits per heavy atom. The van der Waals surface area contributed by atoms with E-state index in [4.69, 9.17) is 5.73 Å². The molecule has 14 heavy (non-hydrogen) atoms. The third-order valence-electron chi connectivity index (χ3n) is 2.62. The van der Waals surface area contributed by atoms with Crippen LogP contribution in [0.3, 0.4) is 0 Å². The largest absolute Gasteiger partial charge is 0.370 e. The summed E-state index contributed by atoms with van der Waals surface area (Å²) in [4.78, 5) is 2.35. The van der Waals surface area contributed by atoms with E-state index in [0.29, 0.717) is 6.04 Å². The van der Waals surface area contributed by atoms with Crippen LogP contribution in [0, 0.1) is 6.92 Å². The first-order valence-electron chi connectivity index (χ1n) is 4.83. The van der Waals surface area contributed by atoms with Crippen LogP contribution in [0.1, 0.15) is 12.0 Å². The summed E-state index contributed by atoms with van der Waals surface area (Å²) in [5.41, 5.74) is 8.47. The van der Waals surface area contributed by atoms with Gasteiger partial charge in [-0.15, -0.1) is 12.4 Å². The van der Waals surface area contributed by atoms with Gasteiger partial charge in [0, 0.05) is 24.8 Å². The topological polar surface area (TPSA) is 29.3 Å².